The largest absolute Gasteiger partial charge is 0.493 e. The topological polar surface area (TPSA) is 75.6 Å². The molecule has 5 heteroatoms. The molecule has 2 atom stereocenters. The third-order valence-corrected chi connectivity index (χ3v) is 5.31. The van der Waals surface area contributed by atoms with Gasteiger partial charge in [0.1, 0.15) is 5.75 Å². The highest BCUT2D eigenvalue weighted by molar-refractivity contribution is 5.84. The van der Waals surface area contributed by atoms with Gasteiger partial charge in [0.25, 0.3) is 0 Å². The molecule has 1 aliphatic carbocycles. The van der Waals surface area contributed by atoms with Crippen LogP contribution in [0.2, 0.25) is 0 Å². The van der Waals surface area contributed by atoms with Crippen LogP contribution in [-0.2, 0) is 22.6 Å². The molecule has 0 aliphatic heterocycles. The zero-order valence-electron chi connectivity index (χ0n) is 16.0. The maximum atomic E-state index is 12.4. The lowest BCUT2D eigenvalue weighted by Crippen LogP contribution is -2.39. The minimum atomic E-state index is -0.864. The summed E-state index contributed by atoms with van der Waals surface area (Å²) in [5, 5.41) is 12.2. The molecular weight excluding hydrogens is 354 g/mol. The summed E-state index contributed by atoms with van der Waals surface area (Å²) in [7, 11) is 0. The lowest BCUT2D eigenvalue weighted by Gasteiger charge is -2.27. The summed E-state index contributed by atoms with van der Waals surface area (Å²) in [5.74, 6) is -1.21. The lowest BCUT2D eigenvalue weighted by molar-refractivity contribution is -0.148. The van der Waals surface area contributed by atoms with E-state index in [4.69, 9.17) is 4.74 Å². The normalized spacial score (nSPS) is 19.0. The van der Waals surface area contributed by atoms with Crippen LogP contribution >= 0.6 is 0 Å². The van der Waals surface area contributed by atoms with Crippen molar-refractivity contribution in [2.24, 2.45) is 11.8 Å². The minimum Gasteiger partial charge on any atom is -0.493 e. The number of carbonyl (C=O) groups excluding carboxylic acids is 1. The van der Waals surface area contributed by atoms with Crippen LogP contribution < -0.4 is 10.1 Å². The van der Waals surface area contributed by atoms with Gasteiger partial charge in [-0.25, -0.2) is 0 Å². The van der Waals surface area contributed by atoms with E-state index in [0.717, 1.165) is 30.6 Å². The summed E-state index contributed by atoms with van der Waals surface area (Å²) < 4.78 is 5.77. The third kappa shape index (κ3) is 5.59. The number of nitrogens with one attached hydrogen (secondary N) is 1. The Balaban J connectivity index is 1.45. The molecule has 1 saturated carbocycles. The average molecular weight is 381 g/mol. The second-order valence-corrected chi connectivity index (χ2v) is 7.28. The Bertz CT molecular complexity index is 773. The fourth-order valence-corrected chi connectivity index (χ4v) is 3.70. The van der Waals surface area contributed by atoms with Crippen LogP contribution in [0.15, 0.2) is 54.6 Å². The molecule has 2 N–H and O–H groups in total. The van der Waals surface area contributed by atoms with E-state index in [0.29, 0.717) is 26.0 Å². The Morgan fingerprint density at radius 1 is 0.929 bits per heavy atom. The molecule has 1 aliphatic rings. The molecule has 1 amide bonds. The van der Waals surface area contributed by atoms with Gasteiger partial charge in [0.05, 0.1) is 18.4 Å². The van der Waals surface area contributed by atoms with Crippen LogP contribution in [0.4, 0.5) is 0 Å². The number of hydrogen-bond acceptors (Lipinski definition) is 3. The van der Waals surface area contributed by atoms with E-state index in [1.54, 1.807) is 0 Å². The van der Waals surface area contributed by atoms with Gasteiger partial charge in [0.15, 0.2) is 0 Å². The zero-order chi connectivity index (χ0) is 19.8. The molecule has 148 valence electrons. The molecule has 0 aromatic heterocycles. The molecule has 2 aromatic rings. The highest BCUT2D eigenvalue weighted by Gasteiger charge is 2.35. The first-order valence-corrected chi connectivity index (χ1v) is 9.89. The molecule has 2 unspecified atom stereocenters. The van der Waals surface area contributed by atoms with Crippen molar-refractivity contribution < 1.29 is 19.4 Å². The molecule has 5 nitrogen and oxygen atoms in total. The van der Waals surface area contributed by atoms with Crippen LogP contribution in [-0.4, -0.2) is 23.6 Å². The zero-order valence-corrected chi connectivity index (χ0v) is 16.0. The smallest absolute Gasteiger partial charge is 0.307 e. The quantitative estimate of drug-likeness (QED) is 0.729. The van der Waals surface area contributed by atoms with E-state index < -0.39 is 17.8 Å². The SMILES string of the molecule is O=C(O)C1CCCCC1C(=O)NCc1ccc(OCCc2ccccc2)cc1. The molecule has 3 rings (SSSR count). The first-order valence-electron chi connectivity index (χ1n) is 9.89. The van der Waals surface area contributed by atoms with Crippen LogP contribution in [0.5, 0.6) is 5.75 Å². The van der Waals surface area contributed by atoms with Gasteiger partial charge in [0.2, 0.25) is 5.91 Å². The average Bonchev–Trinajstić information content (AvgIpc) is 2.73. The number of hydrogen-bond donors (Lipinski definition) is 2. The molecule has 0 radical (unpaired) electrons. The second-order valence-electron chi connectivity index (χ2n) is 7.28. The van der Waals surface area contributed by atoms with Crippen LogP contribution in [0.25, 0.3) is 0 Å². The predicted octanol–water partition coefficient (Wildman–Crippen LogP) is 3.82. The Morgan fingerprint density at radius 2 is 1.61 bits per heavy atom. The maximum absolute atomic E-state index is 12.4. The number of benzene rings is 2. The number of carboxylic acid groups (broad SMARTS) is 1. The van der Waals surface area contributed by atoms with E-state index in [1.807, 2.05) is 42.5 Å². The van der Waals surface area contributed by atoms with Crippen molar-refractivity contribution in [1.82, 2.24) is 5.32 Å². The van der Waals surface area contributed by atoms with Gasteiger partial charge in [-0.3, -0.25) is 9.59 Å². The lowest BCUT2D eigenvalue weighted by atomic mass is 9.78. The van der Waals surface area contributed by atoms with E-state index >= 15 is 0 Å². The summed E-state index contributed by atoms with van der Waals surface area (Å²) >= 11 is 0. The fraction of sp³-hybridized carbons (Fsp3) is 0.391. The minimum absolute atomic E-state index is 0.157. The molecule has 0 saturated heterocycles. The van der Waals surface area contributed by atoms with E-state index in [1.165, 1.54) is 5.56 Å². The Labute approximate surface area is 165 Å². The van der Waals surface area contributed by atoms with Gasteiger partial charge in [-0.1, -0.05) is 55.3 Å². The molecule has 0 spiro atoms. The Hall–Kier alpha value is -2.82. The Morgan fingerprint density at radius 3 is 2.29 bits per heavy atom. The van der Waals surface area contributed by atoms with E-state index in [2.05, 4.69) is 17.4 Å². The first kappa shape index (κ1) is 19.9. The predicted molar refractivity (Wildman–Crippen MR) is 107 cm³/mol. The van der Waals surface area contributed by atoms with Gasteiger partial charge in [-0.05, 0) is 36.1 Å². The number of amides is 1. The molecule has 2 aromatic carbocycles. The molecular formula is C23H27NO4. The number of carboxylic acids is 1. The second kappa shape index (κ2) is 9.93. The molecule has 0 bridgehead atoms. The van der Waals surface area contributed by atoms with Crippen molar-refractivity contribution in [3.05, 3.63) is 65.7 Å². The highest BCUT2D eigenvalue weighted by atomic mass is 16.5. The summed E-state index contributed by atoms with van der Waals surface area (Å²) in [6.07, 6.45) is 3.88. The number of ether oxygens (including phenoxy) is 1. The summed E-state index contributed by atoms with van der Waals surface area (Å²) in [6, 6.07) is 17.8. The number of rotatable bonds is 8. The fourth-order valence-electron chi connectivity index (χ4n) is 3.70. The van der Waals surface area contributed by atoms with Crippen molar-refractivity contribution >= 4 is 11.9 Å². The van der Waals surface area contributed by atoms with Gasteiger partial charge in [-0.2, -0.15) is 0 Å². The van der Waals surface area contributed by atoms with Crippen LogP contribution in [0.3, 0.4) is 0 Å². The van der Waals surface area contributed by atoms with Crippen LogP contribution in [0.1, 0.15) is 36.8 Å². The number of carbonyl (C=O) groups is 2. The van der Waals surface area contributed by atoms with E-state index in [9.17, 15) is 14.7 Å². The summed E-state index contributed by atoms with van der Waals surface area (Å²) in [4.78, 5) is 23.8. The van der Waals surface area contributed by atoms with Crippen molar-refractivity contribution in [3.8, 4) is 5.75 Å². The first-order chi connectivity index (χ1) is 13.6. The Kier molecular flexibility index (Phi) is 7.06. The summed E-state index contributed by atoms with van der Waals surface area (Å²) in [5.41, 5.74) is 2.20. The molecule has 28 heavy (non-hydrogen) atoms. The van der Waals surface area contributed by atoms with Crippen molar-refractivity contribution in [2.75, 3.05) is 6.61 Å². The van der Waals surface area contributed by atoms with Gasteiger partial charge in [-0.15, -0.1) is 0 Å². The maximum Gasteiger partial charge on any atom is 0.307 e. The third-order valence-electron chi connectivity index (χ3n) is 5.31. The van der Waals surface area contributed by atoms with Crippen molar-refractivity contribution in [3.63, 3.8) is 0 Å². The van der Waals surface area contributed by atoms with Crippen molar-refractivity contribution in [2.45, 2.75) is 38.6 Å². The summed E-state index contributed by atoms with van der Waals surface area (Å²) in [6.45, 7) is 1.00. The van der Waals surface area contributed by atoms with Crippen molar-refractivity contribution in [1.29, 1.82) is 0 Å². The molecule has 0 heterocycles. The van der Waals surface area contributed by atoms with Gasteiger partial charge < -0.3 is 15.2 Å². The molecule has 1 fully saturated rings. The monoisotopic (exact) mass is 381 g/mol. The standard InChI is InChI=1S/C23H27NO4/c25-22(20-8-4-5-9-21(20)23(26)27)24-16-18-10-12-19(13-11-18)28-15-14-17-6-2-1-3-7-17/h1-3,6-7,10-13,20-21H,4-5,8-9,14-16H2,(H,24,25)(H,26,27). The van der Waals surface area contributed by atoms with E-state index in [-0.39, 0.29) is 5.91 Å². The van der Waals surface area contributed by atoms with Crippen LogP contribution in [0, 0.1) is 11.8 Å². The number of aliphatic carboxylic acids is 1. The van der Waals surface area contributed by atoms with Gasteiger partial charge >= 0.3 is 5.97 Å². The van der Waals surface area contributed by atoms with Gasteiger partial charge in [0, 0.05) is 13.0 Å². The highest BCUT2D eigenvalue weighted by Crippen LogP contribution is 2.30.